The second kappa shape index (κ2) is 8.75. The van der Waals surface area contributed by atoms with E-state index in [4.69, 9.17) is 0 Å². The molecule has 5 aromatic rings. The first-order chi connectivity index (χ1) is 16.5. The maximum Gasteiger partial charge on any atom is 0.0695 e. The lowest BCUT2D eigenvalue weighted by Crippen LogP contribution is -2.16. The molecule has 4 nitrogen and oxygen atoms in total. The van der Waals surface area contributed by atoms with E-state index in [2.05, 4.69) is 150 Å². The number of hydrogen-bond acceptors (Lipinski definition) is 0. The molecule has 0 fully saturated rings. The van der Waals surface area contributed by atoms with Crippen LogP contribution in [0.15, 0.2) is 77.3 Å². The molecular formula is C26H16Br4N4. The van der Waals surface area contributed by atoms with Gasteiger partial charge in [0.15, 0.2) is 0 Å². The van der Waals surface area contributed by atoms with Crippen LogP contribution in [-0.4, -0.2) is 19.9 Å². The number of hydrogen-bond donors (Lipinski definition) is 4. The summed E-state index contributed by atoms with van der Waals surface area (Å²) < 4.78 is 3.82. The van der Waals surface area contributed by atoms with E-state index in [9.17, 15) is 0 Å². The minimum atomic E-state index is 0.937. The summed E-state index contributed by atoms with van der Waals surface area (Å²) in [6.07, 6.45) is 0. The minimum Gasteiger partial charge on any atom is -0.354 e. The van der Waals surface area contributed by atoms with Crippen molar-refractivity contribution in [1.82, 2.24) is 19.9 Å². The molecule has 0 atom stereocenters. The molecule has 0 aliphatic carbocycles. The summed E-state index contributed by atoms with van der Waals surface area (Å²) >= 11 is 15.2. The molecular weight excluding hydrogens is 688 g/mol. The van der Waals surface area contributed by atoms with E-state index in [0.29, 0.717) is 0 Å². The summed E-state index contributed by atoms with van der Waals surface area (Å²) in [5, 5.41) is 3.93. The molecule has 4 N–H and O–H groups in total. The van der Waals surface area contributed by atoms with E-state index in [1.807, 2.05) is 6.07 Å². The van der Waals surface area contributed by atoms with Crippen LogP contribution in [0, 0.1) is 0 Å². The van der Waals surface area contributed by atoms with Crippen molar-refractivity contribution in [1.29, 1.82) is 0 Å². The van der Waals surface area contributed by atoms with Gasteiger partial charge in [0.1, 0.15) is 0 Å². The standard InChI is InChI=1S/C26H16Br4N4/c27-14-12-21-22(13-4-2-1-3-5-13)15-6-7-16(31-15)23(28)17-8-9-18(32-17)24(29)19-10-11-20(33-19)25(30)26(14)34-21/h1-12,31-34H. The lowest BCUT2D eigenvalue weighted by atomic mass is 10.0. The van der Waals surface area contributed by atoms with Gasteiger partial charge in [-0.15, -0.1) is 0 Å². The molecule has 0 saturated heterocycles. The van der Waals surface area contributed by atoms with Crippen LogP contribution in [0.1, 0.15) is 28.3 Å². The van der Waals surface area contributed by atoms with Gasteiger partial charge in [-0.05, 0) is 112 Å². The molecule has 0 saturated carbocycles. The molecule has 0 spiro atoms. The van der Waals surface area contributed by atoms with Crippen molar-refractivity contribution in [2.45, 2.75) is 0 Å². The number of halogens is 4. The van der Waals surface area contributed by atoms with Crippen molar-refractivity contribution in [2.75, 3.05) is 0 Å². The SMILES string of the molecule is BrC1=c2ccc([nH]2)=C(Br)c2ccc([nH]2)C(Br)=c2[nH]c(cc2Br)=C(c2ccccc2)c2ccc1[nH]2. The van der Waals surface area contributed by atoms with Gasteiger partial charge in [0, 0.05) is 21.1 Å². The number of benzene rings is 1. The van der Waals surface area contributed by atoms with Crippen molar-refractivity contribution in [3.63, 3.8) is 0 Å². The molecule has 0 radical (unpaired) electrons. The monoisotopic (exact) mass is 700 g/mol. The zero-order valence-corrected chi connectivity index (χ0v) is 23.8. The van der Waals surface area contributed by atoms with E-state index < -0.39 is 0 Å². The summed E-state index contributed by atoms with van der Waals surface area (Å²) in [5.74, 6) is 0. The number of rotatable bonds is 1. The molecule has 0 unspecified atom stereocenters. The molecule has 34 heavy (non-hydrogen) atoms. The normalized spacial score (nSPS) is 13.6. The lowest BCUT2D eigenvalue weighted by molar-refractivity contribution is 1.21. The summed E-state index contributed by atoms with van der Waals surface area (Å²) in [6.45, 7) is 0. The fourth-order valence-corrected chi connectivity index (χ4v) is 6.44. The Kier molecular flexibility index (Phi) is 5.72. The zero-order chi connectivity index (χ0) is 23.4. The van der Waals surface area contributed by atoms with Gasteiger partial charge in [-0.2, -0.15) is 0 Å². The Bertz CT molecular complexity index is 1800. The van der Waals surface area contributed by atoms with E-state index in [-0.39, 0.29) is 0 Å². The van der Waals surface area contributed by atoms with Crippen LogP contribution in [0.2, 0.25) is 0 Å². The van der Waals surface area contributed by atoms with Crippen molar-refractivity contribution in [3.8, 4) is 0 Å². The van der Waals surface area contributed by atoms with E-state index in [1.54, 1.807) is 0 Å². The fraction of sp³-hybridized carbons (Fsp3) is 0. The van der Waals surface area contributed by atoms with Gasteiger partial charge in [-0.3, -0.25) is 0 Å². The van der Waals surface area contributed by atoms with Crippen LogP contribution in [0.3, 0.4) is 0 Å². The van der Waals surface area contributed by atoms with Gasteiger partial charge in [-0.1, -0.05) is 30.3 Å². The first kappa shape index (κ1) is 22.2. The number of nitrogens with one attached hydrogen (secondary N) is 4. The summed E-state index contributed by atoms with van der Waals surface area (Å²) in [6, 6.07) is 25.0. The Labute approximate surface area is 228 Å². The maximum absolute atomic E-state index is 3.82. The number of aromatic nitrogens is 4. The van der Waals surface area contributed by atoms with Gasteiger partial charge >= 0.3 is 0 Å². The molecule has 4 aromatic heterocycles. The summed E-state index contributed by atoms with van der Waals surface area (Å²) in [7, 11) is 0. The van der Waals surface area contributed by atoms with Crippen molar-refractivity contribution in [2.24, 2.45) is 0 Å². The largest absolute Gasteiger partial charge is 0.354 e. The van der Waals surface area contributed by atoms with Gasteiger partial charge < -0.3 is 19.9 Å². The molecule has 8 heteroatoms. The third-order valence-electron chi connectivity index (χ3n) is 5.83. The molecule has 1 aliphatic heterocycles. The highest BCUT2D eigenvalue weighted by Crippen LogP contribution is 2.26. The topological polar surface area (TPSA) is 63.2 Å². The number of aromatic amines is 4. The van der Waals surface area contributed by atoms with Crippen LogP contribution < -0.4 is 21.4 Å². The second-order valence-corrected chi connectivity index (χ2v) is 11.2. The predicted molar refractivity (Wildman–Crippen MR) is 152 cm³/mol. The Balaban J connectivity index is 1.77. The smallest absolute Gasteiger partial charge is 0.0695 e. The van der Waals surface area contributed by atoms with Crippen LogP contribution in [0.4, 0.5) is 0 Å². The average molecular weight is 704 g/mol. The van der Waals surface area contributed by atoms with Crippen molar-refractivity contribution >= 4 is 82.7 Å². The van der Waals surface area contributed by atoms with Crippen molar-refractivity contribution in [3.05, 3.63) is 127 Å². The molecule has 1 aliphatic rings. The van der Waals surface area contributed by atoms with E-state index in [0.717, 1.165) is 73.2 Å². The van der Waals surface area contributed by atoms with E-state index in [1.165, 1.54) is 0 Å². The third kappa shape index (κ3) is 3.77. The highest BCUT2D eigenvalue weighted by Gasteiger charge is 2.15. The Morgan fingerprint density at radius 3 is 1.68 bits per heavy atom. The Morgan fingerprint density at radius 1 is 0.471 bits per heavy atom. The zero-order valence-electron chi connectivity index (χ0n) is 17.4. The molecule has 8 bridgehead atoms. The quantitative estimate of drug-likeness (QED) is 0.191. The average Bonchev–Trinajstić information content (AvgIpc) is 3.65. The van der Waals surface area contributed by atoms with Gasteiger partial charge in [-0.25, -0.2) is 0 Å². The van der Waals surface area contributed by atoms with Gasteiger partial charge in [0.05, 0.1) is 46.6 Å². The minimum absolute atomic E-state index is 0.937. The molecule has 5 heterocycles. The van der Waals surface area contributed by atoms with Crippen LogP contribution in [0.5, 0.6) is 0 Å². The molecule has 6 rings (SSSR count). The predicted octanol–water partition coefficient (Wildman–Crippen LogP) is 4.98. The number of fused-ring (bicyclic) bond motifs is 8. The summed E-state index contributed by atoms with van der Waals surface area (Å²) in [4.78, 5) is 14.3. The van der Waals surface area contributed by atoms with Gasteiger partial charge in [0.25, 0.3) is 0 Å². The summed E-state index contributed by atoms with van der Waals surface area (Å²) in [5.41, 5.74) is 6.15. The van der Waals surface area contributed by atoms with Crippen LogP contribution in [-0.2, 0) is 0 Å². The Morgan fingerprint density at radius 2 is 1.03 bits per heavy atom. The van der Waals surface area contributed by atoms with Gasteiger partial charge in [0.2, 0.25) is 0 Å². The van der Waals surface area contributed by atoms with Crippen LogP contribution >= 0.6 is 63.7 Å². The molecule has 1 aromatic carbocycles. The highest BCUT2D eigenvalue weighted by atomic mass is 79.9. The maximum atomic E-state index is 3.82. The third-order valence-corrected chi connectivity index (χ3v) is 8.99. The number of H-pyrrole nitrogens is 4. The first-order valence-corrected chi connectivity index (χ1v) is 13.6. The molecule has 0 amide bonds. The Hall–Kier alpha value is -2.26. The first-order valence-electron chi connectivity index (χ1n) is 10.5. The second-order valence-electron chi connectivity index (χ2n) is 7.95. The van der Waals surface area contributed by atoms with Crippen molar-refractivity contribution < 1.29 is 0 Å². The fourth-order valence-electron chi connectivity index (χ4n) is 4.18. The highest BCUT2D eigenvalue weighted by molar-refractivity contribution is 9.15. The van der Waals surface area contributed by atoms with Crippen LogP contribution in [0.25, 0.3) is 19.0 Å². The lowest BCUT2D eigenvalue weighted by Gasteiger charge is -2.06. The molecule has 168 valence electrons. The van der Waals surface area contributed by atoms with E-state index >= 15 is 0 Å².